The third-order valence-electron chi connectivity index (χ3n) is 3.60. The summed E-state index contributed by atoms with van der Waals surface area (Å²) >= 11 is 6.14. The molecule has 0 bridgehead atoms. The minimum Gasteiger partial charge on any atom is -0.306 e. The molecule has 4 heteroatoms. The molecule has 2 heterocycles. The zero-order valence-corrected chi connectivity index (χ0v) is 12.4. The largest absolute Gasteiger partial charge is 0.306 e. The van der Waals surface area contributed by atoms with Crippen LogP contribution in [0.2, 0.25) is 5.02 Å². The molecule has 2 aromatic carbocycles. The van der Waals surface area contributed by atoms with Gasteiger partial charge in [-0.1, -0.05) is 41.9 Å². The molecule has 2 aromatic heterocycles. The Kier molecular flexibility index (Phi) is 3.13. The number of rotatable bonds is 2. The molecule has 0 radical (unpaired) electrons. The van der Waals surface area contributed by atoms with Crippen LogP contribution in [0, 0.1) is 0 Å². The number of nitrogens with zero attached hydrogens (tertiary/aromatic N) is 3. The minimum atomic E-state index is 0.682. The summed E-state index contributed by atoms with van der Waals surface area (Å²) in [5.41, 5.74) is 3.90. The molecular formula is C18H12ClN3. The summed E-state index contributed by atoms with van der Waals surface area (Å²) < 4.78 is 1.99. The van der Waals surface area contributed by atoms with Crippen molar-refractivity contribution in [3.8, 4) is 16.9 Å². The normalized spacial score (nSPS) is 11.0. The first kappa shape index (κ1) is 13.0. The van der Waals surface area contributed by atoms with Crippen LogP contribution < -0.4 is 0 Å². The second-order valence-electron chi connectivity index (χ2n) is 5.02. The van der Waals surface area contributed by atoms with Crippen molar-refractivity contribution in [2.45, 2.75) is 0 Å². The molecule has 0 saturated carbocycles. The van der Waals surface area contributed by atoms with Crippen LogP contribution in [-0.2, 0) is 0 Å². The second-order valence-corrected chi connectivity index (χ2v) is 5.46. The quantitative estimate of drug-likeness (QED) is 0.535. The first-order valence-corrected chi connectivity index (χ1v) is 7.33. The fourth-order valence-corrected chi connectivity index (χ4v) is 2.72. The van der Waals surface area contributed by atoms with E-state index in [1.54, 1.807) is 12.5 Å². The molecular weight excluding hydrogens is 294 g/mol. The molecule has 106 valence electrons. The molecule has 0 amide bonds. The first-order valence-electron chi connectivity index (χ1n) is 6.95. The Labute approximate surface area is 132 Å². The number of halogens is 1. The lowest BCUT2D eigenvalue weighted by Crippen LogP contribution is -1.96. The van der Waals surface area contributed by atoms with Gasteiger partial charge in [0.05, 0.1) is 23.2 Å². The number of benzene rings is 2. The van der Waals surface area contributed by atoms with Crippen LogP contribution in [0.3, 0.4) is 0 Å². The molecule has 0 N–H and O–H groups in total. The van der Waals surface area contributed by atoms with Crippen molar-refractivity contribution >= 4 is 22.5 Å². The molecule has 0 saturated heterocycles. The number of hydrogen-bond acceptors (Lipinski definition) is 2. The summed E-state index contributed by atoms with van der Waals surface area (Å²) in [6.07, 6.45) is 5.49. The molecule has 0 aliphatic rings. The topological polar surface area (TPSA) is 30.7 Å². The standard InChI is InChI=1S/C18H12ClN3/c19-14-6-7-15-17(10-14)21-16(13-4-2-1-3-5-13)11-18(15)22-9-8-20-12-22/h1-12H. The molecule has 0 aliphatic carbocycles. The fraction of sp³-hybridized carbons (Fsp3) is 0. The average Bonchev–Trinajstić information content (AvgIpc) is 3.08. The summed E-state index contributed by atoms with van der Waals surface area (Å²) in [5, 5.41) is 1.73. The van der Waals surface area contributed by atoms with E-state index in [0.717, 1.165) is 27.8 Å². The van der Waals surface area contributed by atoms with E-state index in [-0.39, 0.29) is 0 Å². The highest BCUT2D eigenvalue weighted by atomic mass is 35.5. The van der Waals surface area contributed by atoms with Crippen molar-refractivity contribution in [2.75, 3.05) is 0 Å². The van der Waals surface area contributed by atoms with Gasteiger partial charge < -0.3 is 4.57 Å². The molecule has 0 unspecified atom stereocenters. The maximum absolute atomic E-state index is 6.14. The highest BCUT2D eigenvalue weighted by Crippen LogP contribution is 2.28. The number of fused-ring (bicyclic) bond motifs is 1. The van der Waals surface area contributed by atoms with E-state index in [0.29, 0.717) is 5.02 Å². The van der Waals surface area contributed by atoms with E-state index in [2.05, 4.69) is 23.2 Å². The lowest BCUT2D eigenvalue weighted by atomic mass is 10.1. The van der Waals surface area contributed by atoms with Crippen LogP contribution in [0.1, 0.15) is 0 Å². The van der Waals surface area contributed by atoms with E-state index >= 15 is 0 Å². The zero-order valence-electron chi connectivity index (χ0n) is 11.6. The van der Waals surface area contributed by atoms with E-state index in [4.69, 9.17) is 16.6 Å². The van der Waals surface area contributed by atoms with Crippen molar-refractivity contribution in [1.29, 1.82) is 0 Å². The van der Waals surface area contributed by atoms with Crippen LogP contribution in [0.5, 0.6) is 0 Å². The van der Waals surface area contributed by atoms with Crippen molar-refractivity contribution < 1.29 is 0 Å². The van der Waals surface area contributed by atoms with Gasteiger partial charge in [-0.15, -0.1) is 0 Å². The molecule has 0 fully saturated rings. The van der Waals surface area contributed by atoms with Gasteiger partial charge in [-0.2, -0.15) is 0 Å². The molecule has 0 aliphatic heterocycles. The van der Waals surface area contributed by atoms with Crippen LogP contribution >= 0.6 is 11.6 Å². The average molecular weight is 306 g/mol. The van der Waals surface area contributed by atoms with E-state index in [1.807, 2.05) is 47.2 Å². The summed E-state index contributed by atoms with van der Waals surface area (Å²) in [5.74, 6) is 0. The summed E-state index contributed by atoms with van der Waals surface area (Å²) in [7, 11) is 0. The minimum absolute atomic E-state index is 0.682. The Balaban J connectivity index is 2.04. The third-order valence-corrected chi connectivity index (χ3v) is 3.84. The van der Waals surface area contributed by atoms with E-state index in [9.17, 15) is 0 Å². The maximum Gasteiger partial charge on any atom is 0.0991 e. The Morgan fingerprint density at radius 1 is 0.955 bits per heavy atom. The molecule has 0 atom stereocenters. The van der Waals surface area contributed by atoms with Crippen LogP contribution in [0.15, 0.2) is 73.3 Å². The lowest BCUT2D eigenvalue weighted by Gasteiger charge is -2.11. The Bertz CT molecular complexity index is 931. The Morgan fingerprint density at radius 2 is 1.82 bits per heavy atom. The molecule has 0 spiro atoms. The highest BCUT2D eigenvalue weighted by molar-refractivity contribution is 6.31. The number of imidazole rings is 1. The van der Waals surface area contributed by atoms with Crippen LogP contribution in [0.25, 0.3) is 27.8 Å². The van der Waals surface area contributed by atoms with Crippen molar-refractivity contribution in [3.05, 3.63) is 78.3 Å². The molecule has 4 rings (SSSR count). The van der Waals surface area contributed by atoms with Gasteiger partial charge >= 0.3 is 0 Å². The second kappa shape index (κ2) is 5.28. The highest BCUT2D eigenvalue weighted by Gasteiger charge is 2.09. The van der Waals surface area contributed by atoms with Crippen molar-refractivity contribution in [2.24, 2.45) is 0 Å². The molecule has 4 aromatic rings. The summed E-state index contributed by atoms with van der Waals surface area (Å²) in [4.78, 5) is 8.90. The lowest BCUT2D eigenvalue weighted by molar-refractivity contribution is 1.06. The van der Waals surface area contributed by atoms with Crippen molar-refractivity contribution in [1.82, 2.24) is 14.5 Å². The fourth-order valence-electron chi connectivity index (χ4n) is 2.56. The molecule has 22 heavy (non-hydrogen) atoms. The predicted octanol–water partition coefficient (Wildman–Crippen LogP) is 4.74. The van der Waals surface area contributed by atoms with E-state index < -0.39 is 0 Å². The van der Waals surface area contributed by atoms with E-state index in [1.165, 1.54) is 0 Å². The summed E-state index contributed by atoms with van der Waals surface area (Å²) in [6, 6.07) is 18.0. The van der Waals surface area contributed by atoms with Gasteiger partial charge in [-0.05, 0) is 24.3 Å². The van der Waals surface area contributed by atoms with Gasteiger partial charge in [0, 0.05) is 28.4 Å². The number of aromatic nitrogens is 3. The monoisotopic (exact) mass is 305 g/mol. The van der Waals surface area contributed by atoms with Crippen LogP contribution in [-0.4, -0.2) is 14.5 Å². The number of pyridine rings is 1. The Hall–Kier alpha value is -2.65. The zero-order chi connectivity index (χ0) is 14.9. The molecule has 3 nitrogen and oxygen atoms in total. The van der Waals surface area contributed by atoms with Gasteiger partial charge in [-0.3, -0.25) is 0 Å². The predicted molar refractivity (Wildman–Crippen MR) is 89.3 cm³/mol. The third kappa shape index (κ3) is 2.26. The van der Waals surface area contributed by atoms with Gasteiger partial charge in [0.2, 0.25) is 0 Å². The SMILES string of the molecule is Clc1ccc2c(-n3ccnc3)cc(-c3ccccc3)nc2c1. The van der Waals surface area contributed by atoms with Crippen LogP contribution in [0.4, 0.5) is 0 Å². The van der Waals surface area contributed by atoms with Gasteiger partial charge in [-0.25, -0.2) is 9.97 Å². The Morgan fingerprint density at radius 3 is 2.59 bits per heavy atom. The first-order chi connectivity index (χ1) is 10.8. The van der Waals surface area contributed by atoms with Gasteiger partial charge in [0.1, 0.15) is 0 Å². The number of hydrogen-bond donors (Lipinski definition) is 0. The maximum atomic E-state index is 6.14. The van der Waals surface area contributed by atoms with Gasteiger partial charge in [0.15, 0.2) is 0 Å². The smallest absolute Gasteiger partial charge is 0.0991 e. The summed E-state index contributed by atoms with van der Waals surface area (Å²) in [6.45, 7) is 0. The van der Waals surface area contributed by atoms with Gasteiger partial charge in [0.25, 0.3) is 0 Å². The van der Waals surface area contributed by atoms with Crippen molar-refractivity contribution in [3.63, 3.8) is 0 Å².